The highest BCUT2D eigenvalue weighted by molar-refractivity contribution is 6.25. The van der Waals surface area contributed by atoms with Crippen LogP contribution in [0.2, 0.25) is 0 Å². The van der Waals surface area contributed by atoms with Gasteiger partial charge in [-0.1, -0.05) is 54.1 Å². The molecule has 5 aliphatic rings. The van der Waals surface area contributed by atoms with Crippen LogP contribution in [0.3, 0.4) is 0 Å². The Kier molecular flexibility index (Phi) is 3.49. The van der Waals surface area contributed by atoms with Crippen molar-refractivity contribution in [2.24, 2.45) is 11.8 Å². The fraction of sp³-hybridized carbons (Fsp3) is 0.240. The normalized spacial score (nSPS) is 28.5. The summed E-state index contributed by atoms with van der Waals surface area (Å²) in [6.07, 6.45) is 6.12. The van der Waals surface area contributed by atoms with Gasteiger partial charge in [0.25, 0.3) is 0 Å². The number of rotatable bonds is 2. The molecular weight excluding hydrogens is 378 g/mol. The number of amides is 2. The minimum absolute atomic E-state index is 0.0275. The molecule has 0 saturated carbocycles. The molecule has 0 aromatic heterocycles. The second kappa shape index (κ2) is 6.02. The van der Waals surface area contributed by atoms with Crippen LogP contribution in [0.5, 0.6) is 0 Å². The molecule has 5 nitrogen and oxygen atoms in total. The Morgan fingerprint density at radius 2 is 1.53 bits per heavy atom. The van der Waals surface area contributed by atoms with E-state index in [0.29, 0.717) is 0 Å². The summed E-state index contributed by atoms with van der Waals surface area (Å²) in [6, 6.07) is 14.4. The second-order valence-electron chi connectivity index (χ2n) is 8.39. The van der Waals surface area contributed by atoms with Gasteiger partial charge < -0.3 is 5.11 Å². The lowest BCUT2D eigenvalue weighted by molar-refractivity contribution is -0.122. The Morgan fingerprint density at radius 3 is 2.27 bits per heavy atom. The van der Waals surface area contributed by atoms with Crippen LogP contribution >= 0.6 is 0 Å². The summed E-state index contributed by atoms with van der Waals surface area (Å²) in [6.45, 7) is 0. The molecule has 1 fully saturated rings. The fourth-order valence-corrected chi connectivity index (χ4v) is 6.07. The van der Waals surface area contributed by atoms with Crippen LogP contribution in [0.4, 0.5) is 5.69 Å². The minimum Gasteiger partial charge on any atom is -0.478 e. The summed E-state index contributed by atoms with van der Waals surface area (Å²) < 4.78 is 0. The van der Waals surface area contributed by atoms with Crippen LogP contribution in [0.1, 0.15) is 46.2 Å². The van der Waals surface area contributed by atoms with Crippen LogP contribution in [-0.2, 0) is 9.59 Å². The molecule has 4 unspecified atom stereocenters. The lowest BCUT2D eigenvalue weighted by Gasteiger charge is -2.47. The summed E-state index contributed by atoms with van der Waals surface area (Å²) in [5, 5.41) is 9.62. The zero-order valence-electron chi connectivity index (χ0n) is 16.1. The van der Waals surface area contributed by atoms with Crippen LogP contribution < -0.4 is 4.90 Å². The van der Waals surface area contributed by atoms with Gasteiger partial charge in [-0.05, 0) is 41.7 Å². The molecule has 2 aromatic rings. The topological polar surface area (TPSA) is 74.7 Å². The predicted octanol–water partition coefficient (Wildman–Crippen LogP) is 4.03. The van der Waals surface area contributed by atoms with Gasteiger partial charge >= 0.3 is 5.97 Å². The first-order valence-corrected chi connectivity index (χ1v) is 10.3. The number of para-hydroxylation sites is 1. The second-order valence-corrected chi connectivity index (χ2v) is 8.39. The van der Waals surface area contributed by atoms with E-state index in [2.05, 4.69) is 24.3 Å². The van der Waals surface area contributed by atoms with Gasteiger partial charge in [0.2, 0.25) is 11.8 Å². The summed E-state index contributed by atoms with van der Waals surface area (Å²) in [7, 11) is 0. The highest BCUT2D eigenvalue weighted by atomic mass is 16.4. The number of aromatic carboxylic acids is 1. The van der Waals surface area contributed by atoms with Crippen molar-refractivity contribution >= 4 is 23.5 Å². The number of hydrogen-bond donors (Lipinski definition) is 1. The molecule has 2 bridgehead atoms. The van der Waals surface area contributed by atoms with Crippen molar-refractivity contribution in [2.45, 2.75) is 24.7 Å². The highest BCUT2D eigenvalue weighted by Crippen LogP contribution is 2.63. The van der Waals surface area contributed by atoms with Gasteiger partial charge in [-0.15, -0.1) is 0 Å². The first kappa shape index (κ1) is 17.4. The van der Waals surface area contributed by atoms with E-state index in [0.717, 1.165) is 28.9 Å². The molecule has 2 amide bonds. The van der Waals surface area contributed by atoms with Gasteiger partial charge in [-0.3, -0.25) is 9.59 Å². The lowest BCUT2D eigenvalue weighted by atomic mass is 9.53. The molecule has 7 rings (SSSR count). The van der Waals surface area contributed by atoms with Crippen molar-refractivity contribution in [3.8, 4) is 0 Å². The average molecular weight is 397 g/mol. The van der Waals surface area contributed by atoms with E-state index in [-0.39, 0.29) is 34.9 Å². The van der Waals surface area contributed by atoms with Crippen molar-refractivity contribution in [1.29, 1.82) is 0 Å². The van der Waals surface area contributed by atoms with Gasteiger partial charge in [-0.2, -0.15) is 0 Å². The summed E-state index contributed by atoms with van der Waals surface area (Å²) >= 11 is 0. The number of carboxylic acid groups (broad SMARTS) is 1. The van der Waals surface area contributed by atoms with Crippen molar-refractivity contribution in [3.63, 3.8) is 0 Å². The highest BCUT2D eigenvalue weighted by Gasteiger charge is 2.62. The number of carbonyl (C=O) groups excluding carboxylic acids is 2. The number of carbonyl (C=O) groups is 3. The summed E-state index contributed by atoms with van der Waals surface area (Å²) in [5.41, 5.74) is 4.88. The van der Waals surface area contributed by atoms with Crippen molar-refractivity contribution < 1.29 is 19.5 Å². The van der Waals surface area contributed by atoms with Gasteiger partial charge in [-0.25, -0.2) is 9.69 Å². The van der Waals surface area contributed by atoms with Crippen LogP contribution in [0.25, 0.3) is 0 Å². The number of anilines is 1. The van der Waals surface area contributed by atoms with Gasteiger partial charge in [0.15, 0.2) is 0 Å². The molecular formula is C25H19NO4. The molecule has 1 heterocycles. The molecule has 2 aromatic carbocycles. The maximum atomic E-state index is 13.7. The molecule has 1 aliphatic heterocycles. The molecule has 1 N–H and O–H groups in total. The smallest absolute Gasteiger partial charge is 0.337 e. The summed E-state index contributed by atoms with van der Waals surface area (Å²) in [5.74, 6) is -2.92. The number of allylic oxidation sites excluding steroid dienone is 4. The van der Waals surface area contributed by atoms with Crippen molar-refractivity contribution in [2.75, 3.05) is 4.90 Å². The van der Waals surface area contributed by atoms with E-state index in [9.17, 15) is 19.5 Å². The quantitative estimate of drug-likeness (QED) is 0.777. The average Bonchev–Trinajstić information content (AvgIpc) is 3.04. The molecule has 0 spiro atoms. The number of nitrogens with zero attached hydrogens (tertiary/aromatic N) is 1. The van der Waals surface area contributed by atoms with E-state index in [1.807, 2.05) is 12.1 Å². The van der Waals surface area contributed by atoms with Crippen molar-refractivity contribution in [3.05, 3.63) is 88.5 Å². The Morgan fingerprint density at radius 1 is 0.900 bits per heavy atom. The van der Waals surface area contributed by atoms with Crippen LogP contribution in [0, 0.1) is 11.8 Å². The minimum atomic E-state index is -1.15. The van der Waals surface area contributed by atoms with Gasteiger partial charge in [0.1, 0.15) is 0 Å². The SMILES string of the molecule is O=C(O)c1ccccc1N1C(=O)C2C3C4=C(CCC=C4)C(c4ccccc43)C2C1=O. The molecule has 5 heteroatoms. The standard InChI is InChI=1S/C25H19NO4/c27-23-21-19-13-7-1-2-8-14(13)20(16-10-4-3-9-15(16)19)22(21)24(28)26(23)18-12-6-5-11-17(18)25(29)30/h1-3,5-9,11-12,19-22H,4,10H2,(H,29,30). The van der Waals surface area contributed by atoms with E-state index in [1.54, 1.807) is 18.2 Å². The third kappa shape index (κ3) is 2.04. The zero-order valence-corrected chi connectivity index (χ0v) is 16.1. The van der Waals surface area contributed by atoms with Crippen LogP contribution in [0.15, 0.2) is 71.8 Å². The van der Waals surface area contributed by atoms with E-state index >= 15 is 0 Å². The molecule has 1 saturated heterocycles. The molecule has 0 radical (unpaired) electrons. The van der Waals surface area contributed by atoms with E-state index in [1.165, 1.54) is 17.2 Å². The number of carboxylic acids is 1. The fourth-order valence-electron chi connectivity index (χ4n) is 6.07. The molecule has 148 valence electrons. The van der Waals surface area contributed by atoms with E-state index in [4.69, 9.17) is 0 Å². The lowest BCUT2D eigenvalue weighted by Crippen LogP contribution is -2.42. The third-order valence-corrected chi connectivity index (χ3v) is 7.12. The largest absolute Gasteiger partial charge is 0.478 e. The number of imide groups is 1. The maximum Gasteiger partial charge on any atom is 0.337 e. The first-order chi connectivity index (χ1) is 14.6. The Hall–Kier alpha value is -3.47. The zero-order chi connectivity index (χ0) is 20.6. The molecule has 4 aliphatic carbocycles. The third-order valence-electron chi connectivity index (χ3n) is 7.12. The van der Waals surface area contributed by atoms with Gasteiger partial charge in [0.05, 0.1) is 23.1 Å². The van der Waals surface area contributed by atoms with E-state index < -0.39 is 17.8 Å². The van der Waals surface area contributed by atoms with Gasteiger partial charge in [0, 0.05) is 11.8 Å². The first-order valence-electron chi connectivity index (χ1n) is 10.3. The number of benzene rings is 2. The monoisotopic (exact) mass is 397 g/mol. The molecule has 30 heavy (non-hydrogen) atoms. The summed E-state index contributed by atoms with van der Waals surface area (Å²) in [4.78, 5) is 40.2. The number of hydrogen-bond acceptors (Lipinski definition) is 3. The van der Waals surface area contributed by atoms with Crippen molar-refractivity contribution in [1.82, 2.24) is 0 Å². The Bertz CT molecular complexity index is 1210. The maximum absolute atomic E-state index is 13.7. The Labute approximate surface area is 173 Å². The Balaban J connectivity index is 1.55. The van der Waals surface area contributed by atoms with Crippen LogP contribution in [-0.4, -0.2) is 22.9 Å². The molecule has 4 atom stereocenters. The predicted molar refractivity (Wildman–Crippen MR) is 110 cm³/mol.